The molecule has 0 aromatic heterocycles. The Morgan fingerprint density at radius 2 is 1.83 bits per heavy atom. The fourth-order valence-electron chi connectivity index (χ4n) is 0.906. The maximum absolute atomic E-state index is 12.9. The molecule has 1 nitrogen and oxygen atoms in total. The second-order valence-corrected chi connectivity index (χ2v) is 2.95. The zero-order chi connectivity index (χ0) is 9.14. The van der Waals surface area contributed by atoms with Crippen molar-refractivity contribution in [3.05, 3.63) is 35.4 Å². The Bertz CT molecular complexity index is 258. The Balaban J connectivity index is 3.12. The molecule has 4 heteroatoms. The summed E-state index contributed by atoms with van der Waals surface area (Å²) in [7, 11) is 0. The number of hydrogen-bond donors (Lipinski definition) is 1. The fourth-order valence-corrected chi connectivity index (χ4v) is 1.23. The second-order valence-electron chi connectivity index (χ2n) is 2.31. The van der Waals surface area contributed by atoms with Crippen LogP contribution in [0.15, 0.2) is 18.2 Å². The smallest absolute Gasteiger partial charge is 0.131 e. The van der Waals surface area contributed by atoms with Crippen LogP contribution < -0.4 is 0 Å². The predicted octanol–water partition coefficient (Wildman–Crippen LogP) is 2.39. The highest BCUT2D eigenvalue weighted by Gasteiger charge is 2.15. The molecule has 0 aliphatic rings. The molecule has 0 unspecified atom stereocenters. The number of halogens is 3. The third-order valence-corrected chi connectivity index (χ3v) is 2.09. The molecule has 0 aliphatic carbocycles. The third kappa shape index (κ3) is 1.81. The van der Waals surface area contributed by atoms with Crippen LogP contribution in [0.5, 0.6) is 0 Å². The first-order chi connectivity index (χ1) is 5.66. The van der Waals surface area contributed by atoms with Crippen molar-refractivity contribution in [3.8, 4) is 0 Å². The van der Waals surface area contributed by atoms with E-state index in [2.05, 4.69) is 15.9 Å². The Kier molecular flexibility index (Phi) is 3.17. The van der Waals surface area contributed by atoms with Gasteiger partial charge >= 0.3 is 0 Å². The highest BCUT2D eigenvalue weighted by molar-refractivity contribution is 9.09. The highest BCUT2D eigenvalue weighted by Crippen LogP contribution is 2.21. The lowest BCUT2D eigenvalue weighted by molar-refractivity contribution is 0.194. The first kappa shape index (κ1) is 9.61. The summed E-state index contributed by atoms with van der Waals surface area (Å²) in [4.78, 5) is 0. The van der Waals surface area contributed by atoms with Crippen LogP contribution in [-0.4, -0.2) is 10.4 Å². The molecule has 0 aliphatic heterocycles. The molecule has 1 N–H and O–H groups in total. The lowest BCUT2D eigenvalue weighted by atomic mass is 10.1. The van der Waals surface area contributed by atoms with Crippen molar-refractivity contribution in [3.63, 3.8) is 0 Å². The zero-order valence-corrected chi connectivity index (χ0v) is 7.68. The topological polar surface area (TPSA) is 20.2 Å². The molecule has 0 amide bonds. The highest BCUT2D eigenvalue weighted by atomic mass is 79.9. The summed E-state index contributed by atoms with van der Waals surface area (Å²) in [5.74, 6) is -1.44. The van der Waals surface area contributed by atoms with Crippen LogP contribution in [0.25, 0.3) is 0 Å². The molecule has 1 aromatic carbocycles. The monoisotopic (exact) mass is 236 g/mol. The maximum atomic E-state index is 12.9. The average molecular weight is 237 g/mol. The first-order valence-electron chi connectivity index (χ1n) is 3.34. The van der Waals surface area contributed by atoms with Crippen molar-refractivity contribution < 1.29 is 13.9 Å². The minimum Gasteiger partial charge on any atom is -0.387 e. The number of hydrogen-bond acceptors (Lipinski definition) is 1. The van der Waals surface area contributed by atoms with Gasteiger partial charge in [-0.25, -0.2) is 8.78 Å². The van der Waals surface area contributed by atoms with Crippen molar-refractivity contribution in [1.82, 2.24) is 0 Å². The van der Waals surface area contributed by atoms with E-state index in [1.807, 2.05) is 0 Å². The van der Waals surface area contributed by atoms with E-state index in [4.69, 9.17) is 5.11 Å². The molecule has 0 saturated carbocycles. The number of alkyl halides is 1. The molecule has 0 saturated heterocycles. The molecule has 12 heavy (non-hydrogen) atoms. The van der Waals surface area contributed by atoms with E-state index in [-0.39, 0.29) is 10.9 Å². The number of benzene rings is 1. The zero-order valence-electron chi connectivity index (χ0n) is 6.10. The van der Waals surface area contributed by atoms with Gasteiger partial charge in [-0.15, -0.1) is 0 Å². The van der Waals surface area contributed by atoms with E-state index in [9.17, 15) is 8.78 Å². The van der Waals surface area contributed by atoms with Crippen LogP contribution in [0.3, 0.4) is 0 Å². The quantitative estimate of drug-likeness (QED) is 0.783. The molecular weight excluding hydrogens is 230 g/mol. The Labute approximate surface area is 77.2 Å². The van der Waals surface area contributed by atoms with Crippen LogP contribution in [0.1, 0.15) is 11.7 Å². The van der Waals surface area contributed by atoms with Gasteiger partial charge in [0, 0.05) is 5.33 Å². The summed E-state index contributed by atoms with van der Waals surface area (Å²) in [6.45, 7) is 0. The third-order valence-electron chi connectivity index (χ3n) is 1.48. The standard InChI is InChI=1S/C8H7BrF2O/c9-4-7(12)8-5(10)2-1-3-6(8)11/h1-3,7,12H,4H2/t7-/m0/s1. The first-order valence-corrected chi connectivity index (χ1v) is 4.47. The molecule has 0 bridgehead atoms. The minimum atomic E-state index is -1.13. The largest absolute Gasteiger partial charge is 0.387 e. The van der Waals surface area contributed by atoms with Gasteiger partial charge in [-0.3, -0.25) is 0 Å². The summed E-state index contributed by atoms with van der Waals surface area (Å²) in [5.41, 5.74) is -0.283. The number of aliphatic hydroxyl groups excluding tert-OH is 1. The lowest BCUT2D eigenvalue weighted by Crippen LogP contribution is -2.04. The Morgan fingerprint density at radius 1 is 1.33 bits per heavy atom. The van der Waals surface area contributed by atoms with Gasteiger partial charge in [-0.2, -0.15) is 0 Å². The van der Waals surface area contributed by atoms with Gasteiger partial charge in [-0.1, -0.05) is 22.0 Å². The summed E-state index contributed by atoms with van der Waals surface area (Å²) < 4.78 is 25.7. The molecule has 0 spiro atoms. The van der Waals surface area contributed by atoms with E-state index < -0.39 is 17.7 Å². The van der Waals surface area contributed by atoms with E-state index in [1.54, 1.807) is 0 Å². The second kappa shape index (κ2) is 3.96. The van der Waals surface area contributed by atoms with Crippen molar-refractivity contribution in [2.75, 3.05) is 5.33 Å². The molecular formula is C8H7BrF2O. The van der Waals surface area contributed by atoms with Crippen LogP contribution >= 0.6 is 15.9 Å². The lowest BCUT2D eigenvalue weighted by Gasteiger charge is -2.08. The molecule has 0 heterocycles. The fraction of sp³-hybridized carbons (Fsp3) is 0.250. The van der Waals surface area contributed by atoms with Gasteiger partial charge in [-0.05, 0) is 12.1 Å². The average Bonchev–Trinajstić information content (AvgIpc) is 2.03. The van der Waals surface area contributed by atoms with E-state index >= 15 is 0 Å². The summed E-state index contributed by atoms with van der Waals surface area (Å²) in [6, 6.07) is 3.49. The summed E-state index contributed by atoms with van der Waals surface area (Å²) >= 11 is 2.94. The van der Waals surface area contributed by atoms with Crippen molar-refractivity contribution >= 4 is 15.9 Å². The maximum Gasteiger partial charge on any atom is 0.131 e. The van der Waals surface area contributed by atoms with Gasteiger partial charge < -0.3 is 5.11 Å². The minimum absolute atomic E-state index is 0.116. The number of rotatable bonds is 2. The van der Waals surface area contributed by atoms with Gasteiger partial charge in [0.2, 0.25) is 0 Å². The summed E-state index contributed by atoms with van der Waals surface area (Å²) in [6.07, 6.45) is -1.13. The van der Waals surface area contributed by atoms with Crippen molar-refractivity contribution in [2.45, 2.75) is 6.10 Å². The van der Waals surface area contributed by atoms with E-state index in [0.717, 1.165) is 12.1 Å². The molecule has 1 aromatic rings. The molecule has 1 atom stereocenters. The predicted molar refractivity (Wildman–Crippen MR) is 45.1 cm³/mol. The van der Waals surface area contributed by atoms with Crippen LogP contribution in [-0.2, 0) is 0 Å². The summed E-state index contributed by atoms with van der Waals surface area (Å²) in [5, 5.41) is 9.28. The molecule has 0 fully saturated rings. The normalized spacial score (nSPS) is 13.0. The Hall–Kier alpha value is -0.480. The molecule has 1 rings (SSSR count). The van der Waals surface area contributed by atoms with E-state index in [1.165, 1.54) is 6.07 Å². The Morgan fingerprint density at radius 3 is 2.25 bits per heavy atom. The van der Waals surface area contributed by atoms with Gasteiger partial charge in [0.05, 0.1) is 11.7 Å². The number of aliphatic hydroxyl groups is 1. The van der Waals surface area contributed by atoms with Crippen LogP contribution in [0.4, 0.5) is 8.78 Å². The van der Waals surface area contributed by atoms with Gasteiger partial charge in [0.1, 0.15) is 11.6 Å². The SMILES string of the molecule is O[C@@H](CBr)c1c(F)cccc1F. The van der Waals surface area contributed by atoms with E-state index in [0.29, 0.717) is 0 Å². The van der Waals surface area contributed by atoms with Crippen molar-refractivity contribution in [2.24, 2.45) is 0 Å². The van der Waals surface area contributed by atoms with Crippen LogP contribution in [0, 0.1) is 11.6 Å². The van der Waals surface area contributed by atoms with Crippen molar-refractivity contribution in [1.29, 1.82) is 0 Å². The molecule has 0 radical (unpaired) electrons. The van der Waals surface area contributed by atoms with Gasteiger partial charge in [0.15, 0.2) is 0 Å². The van der Waals surface area contributed by atoms with Crippen LogP contribution in [0.2, 0.25) is 0 Å². The van der Waals surface area contributed by atoms with Gasteiger partial charge in [0.25, 0.3) is 0 Å². The molecule has 66 valence electrons.